The fourth-order valence-corrected chi connectivity index (χ4v) is 2.28. The highest BCUT2D eigenvalue weighted by molar-refractivity contribution is 5.91. The number of hydrogen-bond donors (Lipinski definition) is 1. The van der Waals surface area contributed by atoms with Crippen LogP contribution >= 0.6 is 0 Å². The minimum atomic E-state index is -0.155. The predicted molar refractivity (Wildman–Crippen MR) is 86.3 cm³/mol. The summed E-state index contributed by atoms with van der Waals surface area (Å²) in [7, 11) is 1.86. The molecule has 0 aliphatic rings. The van der Waals surface area contributed by atoms with E-state index in [-0.39, 0.29) is 11.6 Å². The Balaban J connectivity index is 2.24. The zero-order chi connectivity index (χ0) is 15.5. The molecule has 0 aliphatic heterocycles. The van der Waals surface area contributed by atoms with E-state index in [1.807, 2.05) is 61.6 Å². The van der Waals surface area contributed by atoms with Crippen LogP contribution in [0.15, 0.2) is 54.6 Å². The highest BCUT2D eigenvalue weighted by Gasteiger charge is 2.17. The first-order chi connectivity index (χ1) is 10.7. The summed E-state index contributed by atoms with van der Waals surface area (Å²) in [6.07, 6.45) is 0. The smallest absolute Gasteiger partial charge is 0.217 e. The number of nitrogens with zero attached hydrogens (tertiary/aromatic N) is 3. The summed E-state index contributed by atoms with van der Waals surface area (Å²) in [5.41, 5.74) is 2.69. The van der Waals surface area contributed by atoms with Crippen molar-refractivity contribution in [3.05, 3.63) is 60.4 Å². The van der Waals surface area contributed by atoms with Gasteiger partial charge in [0, 0.05) is 25.2 Å². The normalized spacial score (nSPS) is 10.5. The van der Waals surface area contributed by atoms with E-state index in [4.69, 9.17) is 0 Å². The number of aromatic nitrogens is 3. The molecule has 0 saturated carbocycles. The quantitative estimate of drug-likeness (QED) is 0.750. The summed E-state index contributed by atoms with van der Waals surface area (Å²) in [4.78, 5) is 16.1. The number of hydrogen-bond acceptors (Lipinski definition) is 4. The summed E-state index contributed by atoms with van der Waals surface area (Å²) in [5, 5.41) is 7.51. The molecule has 1 heterocycles. The summed E-state index contributed by atoms with van der Waals surface area (Å²) in [5.74, 6) is 0.698. The van der Waals surface area contributed by atoms with Crippen molar-refractivity contribution in [3.63, 3.8) is 0 Å². The minimum Gasteiger partial charge on any atom is -0.388 e. The lowest BCUT2D eigenvalue weighted by molar-refractivity contribution is 0.100. The van der Waals surface area contributed by atoms with E-state index >= 15 is 0 Å². The standard InChI is InChI=1S/C17H16N4O/c1-12(22)16-19-17(14-10-6-7-11-15(14)18-2)21(20-16)13-8-4-3-5-9-13/h3-11,18H,1-2H3. The first-order valence-electron chi connectivity index (χ1n) is 7.01. The number of Topliss-reactive ketones (excluding diaryl/α,β-unsaturated/α-hetero) is 1. The Kier molecular flexibility index (Phi) is 3.70. The SMILES string of the molecule is CNc1ccccc1-c1nc(C(C)=O)nn1-c1ccccc1. The monoisotopic (exact) mass is 292 g/mol. The Bertz CT molecular complexity index is 809. The third-order valence-electron chi connectivity index (χ3n) is 3.36. The number of carbonyl (C=O) groups excluding carboxylic acids is 1. The number of benzene rings is 2. The van der Waals surface area contributed by atoms with Crippen LogP contribution in [0.3, 0.4) is 0 Å². The number of anilines is 1. The van der Waals surface area contributed by atoms with E-state index in [0.29, 0.717) is 5.82 Å². The molecule has 0 unspecified atom stereocenters. The van der Waals surface area contributed by atoms with Gasteiger partial charge in [0.05, 0.1) is 5.69 Å². The predicted octanol–water partition coefficient (Wildman–Crippen LogP) is 3.18. The lowest BCUT2D eigenvalue weighted by atomic mass is 10.1. The van der Waals surface area contributed by atoms with Crippen molar-refractivity contribution < 1.29 is 4.79 Å². The Labute approximate surface area is 128 Å². The first kappa shape index (κ1) is 14.0. The number of nitrogens with one attached hydrogen (secondary N) is 1. The lowest BCUT2D eigenvalue weighted by Gasteiger charge is -2.09. The maximum Gasteiger partial charge on any atom is 0.217 e. The van der Waals surface area contributed by atoms with Crippen LogP contribution in [0.5, 0.6) is 0 Å². The first-order valence-corrected chi connectivity index (χ1v) is 7.01. The van der Waals surface area contributed by atoms with E-state index < -0.39 is 0 Å². The zero-order valence-corrected chi connectivity index (χ0v) is 12.4. The van der Waals surface area contributed by atoms with Crippen molar-refractivity contribution in [2.24, 2.45) is 0 Å². The molecule has 110 valence electrons. The molecule has 3 rings (SSSR count). The molecule has 5 heteroatoms. The maximum absolute atomic E-state index is 11.7. The lowest BCUT2D eigenvalue weighted by Crippen LogP contribution is -2.02. The van der Waals surface area contributed by atoms with E-state index in [2.05, 4.69) is 15.4 Å². The van der Waals surface area contributed by atoms with Gasteiger partial charge in [-0.2, -0.15) is 0 Å². The Morgan fingerprint density at radius 2 is 1.73 bits per heavy atom. The molecule has 5 nitrogen and oxygen atoms in total. The summed E-state index contributed by atoms with van der Waals surface area (Å²) < 4.78 is 1.70. The van der Waals surface area contributed by atoms with E-state index in [1.165, 1.54) is 6.92 Å². The van der Waals surface area contributed by atoms with Gasteiger partial charge in [-0.3, -0.25) is 4.79 Å². The average molecular weight is 292 g/mol. The molecule has 1 N–H and O–H groups in total. The van der Waals surface area contributed by atoms with Crippen molar-refractivity contribution >= 4 is 11.5 Å². The van der Waals surface area contributed by atoms with Crippen molar-refractivity contribution in [1.29, 1.82) is 0 Å². The summed E-state index contributed by atoms with van der Waals surface area (Å²) >= 11 is 0. The molecule has 2 aromatic carbocycles. The summed E-state index contributed by atoms with van der Waals surface area (Å²) in [6, 6.07) is 17.5. The van der Waals surface area contributed by atoms with Gasteiger partial charge in [-0.25, -0.2) is 9.67 Å². The van der Waals surface area contributed by atoms with E-state index in [0.717, 1.165) is 16.9 Å². The zero-order valence-electron chi connectivity index (χ0n) is 12.4. The van der Waals surface area contributed by atoms with Gasteiger partial charge < -0.3 is 5.32 Å². The fraction of sp³-hybridized carbons (Fsp3) is 0.118. The second-order valence-corrected chi connectivity index (χ2v) is 4.86. The van der Waals surface area contributed by atoms with Gasteiger partial charge >= 0.3 is 0 Å². The Morgan fingerprint density at radius 3 is 2.41 bits per heavy atom. The number of para-hydroxylation sites is 2. The Morgan fingerprint density at radius 1 is 1.05 bits per heavy atom. The van der Waals surface area contributed by atoms with Crippen molar-refractivity contribution in [2.75, 3.05) is 12.4 Å². The van der Waals surface area contributed by atoms with Gasteiger partial charge in [-0.15, -0.1) is 5.10 Å². The van der Waals surface area contributed by atoms with Gasteiger partial charge in [0.15, 0.2) is 11.6 Å². The third-order valence-corrected chi connectivity index (χ3v) is 3.36. The number of ketones is 1. The van der Waals surface area contributed by atoms with Gasteiger partial charge in [0.1, 0.15) is 0 Å². The Hall–Kier alpha value is -2.95. The molecule has 0 saturated heterocycles. The molecule has 0 fully saturated rings. The largest absolute Gasteiger partial charge is 0.388 e. The van der Waals surface area contributed by atoms with Crippen LogP contribution in [0.1, 0.15) is 17.5 Å². The molecular weight excluding hydrogens is 276 g/mol. The maximum atomic E-state index is 11.7. The van der Waals surface area contributed by atoms with Gasteiger partial charge in [0.2, 0.25) is 5.82 Å². The van der Waals surface area contributed by atoms with Crippen LogP contribution in [0, 0.1) is 0 Å². The third kappa shape index (κ3) is 2.48. The number of rotatable bonds is 4. The van der Waals surface area contributed by atoms with Gasteiger partial charge in [-0.05, 0) is 24.3 Å². The minimum absolute atomic E-state index is 0.155. The molecule has 0 amide bonds. The average Bonchev–Trinajstić information content (AvgIpc) is 3.01. The molecule has 0 atom stereocenters. The highest BCUT2D eigenvalue weighted by atomic mass is 16.1. The second-order valence-electron chi connectivity index (χ2n) is 4.86. The highest BCUT2D eigenvalue weighted by Crippen LogP contribution is 2.28. The fourth-order valence-electron chi connectivity index (χ4n) is 2.28. The summed E-state index contributed by atoms with van der Waals surface area (Å²) in [6.45, 7) is 1.47. The second kappa shape index (κ2) is 5.81. The van der Waals surface area contributed by atoms with Crippen LogP contribution in [0.4, 0.5) is 5.69 Å². The van der Waals surface area contributed by atoms with E-state index in [1.54, 1.807) is 4.68 Å². The van der Waals surface area contributed by atoms with E-state index in [9.17, 15) is 4.79 Å². The molecule has 22 heavy (non-hydrogen) atoms. The van der Waals surface area contributed by atoms with Gasteiger partial charge in [0.25, 0.3) is 0 Å². The van der Waals surface area contributed by atoms with Crippen LogP contribution in [-0.4, -0.2) is 27.6 Å². The van der Waals surface area contributed by atoms with Crippen LogP contribution < -0.4 is 5.32 Å². The molecule has 0 radical (unpaired) electrons. The topological polar surface area (TPSA) is 59.8 Å². The molecule has 0 spiro atoms. The molecule has 1 aromatic heterocycles. The van der Waals surface area contributed by atoms with Crippen LogP contribution in [-0.2, 0) is 0 Å². The molecule has 0 bridgehead atoms. The van der Waals surface area contributed by atoms with Crippen LogP contribution in [0.25, 0.3) is 17.1 Å². The van der Waals surface area contributed by atoms with Crippen LogP contribution in [0.2, 0.25) is 0 Å². The number of carbonyl (C=O) groups is 1. The van der Waals surface area contributed by atoms with Crippen molar-refractivity contribution in [1.82, 2.24) is 14.8 Å². The van der Waals surface area contributed by atoms with Crippen molar-refractivity contribution in [2.45, 2.75) is 6.92 Å². The van der Waals surface area contributed by atoms with Crippen molar-refractivity contribution in [3.8, 4) is 17.1 Å². The molecule has 3 aromatic rings. The van der Waals surface area contributed by atoms with Gasteiger partial charge in [-0.1, -0.05) is 30.3 Å². The molecule has 0 aliphatic carbocycles. The molecular formula is C17H16N4O.